The van der Waals surface area contributed by atoms with Gasteiger partial charge in [-0.2, -0.15) is 5.10 Å². The molecule has 0 aliphatic rings. The summed E-state index contributed by atoms with van der Waals surface area (Å²) >= 11 is 0. The van der Waals surface area contributed by atoms with Crippen LogP contribution in [0.15, 0.2) is 42.7 Å². The minimum Gasteiger partial charge on any atom is -0.478 e. The van der Waals surface area contributed by atoms with E-state index in [1.54, 1.807) is 23.0 Å². The fraction of sp³-hybridized carbons (Fsp3) is 0.0714. The summed E-state index contributed by atoms with van der Waals surface area (Å²) in [6, 6.07) is 7.75. The minimum atomic E-state index is -1.03. The molecule has 3 aromatic rings. The lowest BCUT2D eigenvalue weighted by atomic mass is 10.2. The molecule has 1 aromatic carbocycles. The molecule has 0 aliphatic heterocycles. The van der Waals surface area contributed by atoms with Crippen molar-refractivity contribution in [2.24, 2.45) is 0 Å². The second-order valence-corrected chi connectivity index (χ2v) is 4.37. The molecule has 0 atom stereocenters. The van der Waals surface area contributed by atoms with E-state index in [1.807, 2.05) is 0 Å². The first kappa shape index (κ1) is 12.3. The van der Waals surface area contributed by atoms with Gasteiger partial charge in [0.2, 0.25) is 0 Å². The van der Waals surface area contributed by atoms with Crippen LogP contribution >= 0.6 is 0 Å². The van der Waals surface area contributed by atoms with Crippen molar-refractivity contribution in [1.29, 1.82) is 0 Å². The average molecular weight is 271 g/mol. The molecule has 0 fully saturated rings. The summed E-state index contributed by atoms with van der Waals surface area (Å²) in [5, 5.41) is 13.7. The first-order valence-electron chi connectivity index (χ1n) is 5.93. The SMILES string of the molecule is O=C(O)c1cnc2c(cnn2Cc2cccc(F)c2)c1. The Labute approximate surface area is 113 Å². The topological polar surface area (TPSA) is 68.0 Å². The number of aromatic carboxylic acids is 1. The third-order valence-electron chi connectivity index (χ3n) is 2.94. The highest BCUT2D eigenvalue weighted by atomic mass is 19.1. The van der Waals surface area contributed by atoms with Crippen LogP contribution in [0.4, 0.5) is 4.39 Å². The number of fused-ring (bicyclic) bond motifs is 1. The number of nitrogens with zero attached hydrogens (tertiary/aromatic N) is 3. The molecule has 0 aliphatic carbocycles. The molecule has 0 saturated heterocycles. The van der Waals surface area contributed by atoms with Crippen molar-refractivity contribution in [3.05, 3.63) is 59.7 Å². The predicted octanol–water partition coefficient (Wildman–Crippen LogP) is 2.32. The molecule has 3 rings (SSSR count). The van der Waals surface area contributed by atoms with E-state index >= 15 is 0 Å². The van der Waals surface area contributed by atoms with Crippen LogP contribution in [0, 0.1) is 5.82 Å². The maximum Gasteiger partial charge on any atom is 0.337 e. The van der Waals surface area contributed by atoms with E-state index in [0.717, 1.165) is 5.56 Å². The quantitative estimate of drug-likeness (QED) is 0.793. The Morgan fingerprint density at radius 1 is 1.30 bits per heavy atom. The van der Waals surface area contributed by atoms with Crippen LogP contribution in [0.3, 0.4) is 0 Å². The van der Waals surface area contributed by atoms with Gasteiger partial charge >= 0.3 is 5.97 Å². The van der Waals surface area contributed by atoms with Gasteiger partial charge in [0, 0.05) is 11.6 Å². The Balaban J connectivity index is 1.98. The minimum absolute atomic E-state index is 0.114. The number of hydrogen-bond acceptors (Lipinski definition) is 3. The largest absolute Gasteiger partial charge is 0.478 e. The van der Waals surface area contributed by atoms with Crippen molar-refractivity contribution >= 4 is 17.0 Å². The molecule has 6 heteroatoms. The number of hydrogen-bond donors (Lipinski definition) is 1. The summed E-state index contributed by atoms with van der Waals surface area (Å²) in [4.78, 5) is 15.0. The van der Waals surface area contributed by atoms with E-state index in [2.05, 4.69) is 10.1 Å². The summed E-state index contributed by atoms with van der Waals surface area (Å²) in [6.07, 6.45) is 2.84. The van der Waals surface area contributed by atoms with Crippen LogP contribution in [0.5, 0.6) is 0 Å². The van der Waals surface area contributed by atoms with Crippen LogP contribution in [0.25, 0.3) is 11.0 Å². The van der Waals surface area contributed by atoms with Gasteiger partial charge in [0.25, 0.3) is 0 Å². The van der Waals surface area contributed by atoms with E-state index in [9.17, 15) is 9.18 Å². The van der Waals surface area contributed by atoms with Crippen LogP contribution in [0.2, 0.25) is 0 Å². The van der Waals surface area contributed by atoms with E-state index in [-0.39, 0.29) is 11.4 Å². The third-order valence-corrected chi connectivity index (χ3v) is 2.94. The van der Waals surface area contributed by atoms with Crippen molar-refractivity contribution in [2.75, 3.05) is 0 Å². The first-order chi connectivity index (χ1) is 9.63. The highest BCUT2D eigenvalue weighted by Gasteiger charge is 2.09. The van der Waals surface area contributed by atoms with Gasteiger partial charge < -0.3 is 5.11 Å². The summed E-state index contributed by atoms with van der Waals surface area (Å²) in [6.45, 7) is 0.376. The molecule has 20 heavy (non-hydrogen) atoms. The second kappa shape index (κ2) is 4.73. The molecule has 0 bridgehead atoms. The van der Waals surface area contributed by atoms with E-state index in [0.29, 0.717) is 17.6 Å². The summed E-state index contributed by atoms with van der Waals surface area (Å²) in [5.41, 5.74) is 1.45. The molecular formula is C14H10FN3O2. The van der Waals surface area contributed by atoms with Crippen LogP contribution < -0.4 is 0 Å². The van der Waals surface area contributed by atoms with E-state index < -0.39 is 5.97 Å². The number of pyridine rings is 1. The van der Waals surface area contributed by atoms with Gasteiger partial charge in [-0.1, -0.05) is 12.1 Å². The molecule has 0 radical (unpaired) electrons. The highest BCUT2D eigenvalue weighted by molar-refractivity contribution is 5.91. The Bertz CT molecular complexity index is 798. The normalized spacial score (nSPS) is 10.8. The van der Waals surface area contributed by atoms with E-state index in [4.69, 9.17) is 5.11 Å². The lowest BCUT2D eigenvalue weighted by Crippen LogP contribution is -2.03. The zero-order chi connectivity index (χ0) is 14.1. The number of rotatable bonds is 3. The Morgan fingerprint density at radius 2 is 2.15 bits per heavy atom. The first-order valence-corrected chi connectivity index (χ1v) is 5.93. The van der Waals surface area contributed by atoms with Gasteiger partial charge in [0.05, 0.1) is 18.3 Å². The lowest BCUT2D eigenvalue weighted by Gasteiger charge is -2.03. The Morgan fingerprint density at radius 3 is 2.90 bits per heavy atom. The van der Waals surface area contributed by atoms with Crippen molar-refractivity contribution in [2.45, 2.75) is 6.54 Å². The fourth-order valence-electron chi connectivity index (χ4n) is 2.01. The smallest absolute Gasteiger partial charge is 0.337 e. The average Bonchev–Trinajstić information content (AvgIpc) is 2.81. The van der Waals surface area contributed by atoms with Gasteiger partial charge in [0.1, 0.15) is 5.82 Å². The second-order valence-electron chi connectivity index (χ2n) is 4.37. The van der Waals surface area contributed by atoms with Crippen LogP contribution in [-0.2, 0) is 6.54 Å². The molecule has 1 N–H and O–H groups in total. The molecule has 2 heterocycles. The highest BCUT2D eigenvalue weighted by Crippen LogP contribution is 2.15. The molecule has 0 amide bonds. The Hall–Kier alpha value is -2.76. The molecule has 0 saturated carbocycles. The van der Waals surface area contributed by atoms with Gasteiger partial charge in [-0.05, 0) is 23.8 Å². The zero-order valence-corrected chi connectivity index (χ0v) is 10.3. The fourth-order valence-corrected chi connectivity index (χ4v) is 2.01. The van der Waals surface area contributed by atoms with Gasteiger partial charge in [-0.3, -0.25) is 0 Å². The third kappa shape index (κ3) is 2.23. The number of carboxylic acid groups (broad SMARTS) is 1. The number of aromatic nitrogens is 3. The summed E-state index contributed by atoms with van der Waals surface area (Å²) in [7, 11) is 0. The van der Waals surface area contributed by atoms with Gasteiger partial charge in [0.15, 0.2) is 5.65 Å². The lowest BCUT2D eigenvalue weighted by molar-refractivity contribution is 0.0696. The molecule has 0 spiro atoms. The number of benzene rings is 1. The molecule has 2 aromatic heterocycles. The summed E-state index contributed by atoms with van der Waals surface area (Å²) < 4.78 is 14.7. The molecule has 5 nitrogen and oxygen atoms in total. The molecule has 100 valence electrons. The molecule has 0 unspecified atom stereocenters. The predicted molar refractivity (Wildman–Crippen MR) is 70.0 cm³/mol. The van der Waals surface area contributed by atoms with Gasteiger partial charge in [-0.25, -0.2) is 18.9 Å². The monoisotopic (exact) mass is 271 g/mol. The van der Waals surface area contributed by atoms with Crippen LogP contribution in [-0.4, -0.2) is 25.8 Å². The van der Waals surface area contributed by atoms with Gasteiger partial charge in [-0.15, -0.1) is 0 Å². The maximum atomic E-state index is 13.1. The number of carboxylic acids is 1. The number of carbonyl (C=O) groups is 1. The number of halogens is 1. The van der Waals surface area contributed by atoms with Crippen molar-refractivity contribution in [3.8, 4) is 0 Å². The Kier molecular flexibility index (Phi) is 2.90. The van der Waals surface area contributed by atoms with Crippen molar-refractivity contribution < 1.29 is 14.3 Å². The maximum absolute atomic E-state index is 13.1. The van der Waals surface area contributed by atoms with Crippen molar-refractivity contribution in [1.82, 2.24) is 14.8 Å². The van der Waals surface area contributed by atoms with Crippen molar-refractivity contribution in [3.63, 3.8) is 0 Å². The standard InChI is InChI=1S/C14H10FN3O2/c15-12-3-1-2-9(4-12)8-18-13-10(7-17-18)5-11(6-16-13)14(19)20/h1-7H,8H2,(H,19,20). The summed E-state index contributed by atoms with van der Waals surface area (Å²) in [5.74, 6) is -1.34. The van der Waals surface area contributed by atoms with E-state index in [1.165, 1.54) is 24.4 Å². The zero-order valence-electron chi connectivity index (χ0n) is 10.3. The van der Waals surface area contributed by atoms with Crippen LogP contribution in [0.1, 0.15) is 15.9 Å². The molecular weight excluding hydrogens is 261 g/mol.